The summed E-state index contributed by atoms with van der Waals surface area (Å²) >= 11 is 11.9. The molecule has 3 rings (SSSR count). The van der Waals surface area contributed by atoms with Crippen molar-refractivity contribution in [3.05, 3.63) is 76.8 Å². The maximum Gasteiger partial charge on any atom is 0.222 e. The highest BCUT2D eigenvalue weighted by Crippen LogP contribution is 2.27. The van der Waals surface area contributed by atoms with E-state index in [1.165, 1.54) is 0 Å². The minimum absolute atomic E-state index is 0.418. The van der Waals surface area contributed by atoms with Crippen LogP contribution < -0.4 is 9.47 Å². The number of nitrogens with zero attached hydrogens (tertiary/aromatic N) is 1. The molecule has 0 atom stereocenters. The summed E-state index contributed by atoms with van der Waals surface area (Å²) in [4.78, 5) is 4.29. The topological polar surface area (TPSA) is 31.4 Å². The van der Waals surface area contributed by atoms with Crippen LogP contribution in [0.1, 0.15) is 0 Å². The smallest absolute Gasteiger partial charge is 0.222 e. The lowest BCUT2D eigenvalue weighted by Crippen LogP contribution is -1.91. The van der Waals surface area contributed by atoms with Crippen molar-refractivity contribution in [1.29, 1.82) is 0 Å². The maximum atomic E-state index is 5.93. The van der Waals surface area contributed by atoms with Crippen molar-refractivity contribution in [1.82, 2.24) is 4.98 Å². The highest BCUT2D eigenvalue weighted by atomic mass is 35.5. The van der Waals surface area contributed by atoms with Crippen LogP contribution in [-0.2, 0) is 0 Å². The molecule has 110 valence electrons. The van der Waals surface area contributed by atoms with E-state index in [1.807, 2.05) is 12.1 Å². The van der Waals surface area contributed by atoms with E-state index in [2.05, 4.69) is 4.98 Å². The third-order valence-corrected chi connectivity index (χ3v) is 3.21. The van der Waals surface area contributed by atoms with Crippen LogP contribution in [0.5, 0.6) is 23.3 Å². The number of hydrogen-bond acceptors (Lipinski definition) is 3. The van der Waals surface area contributed by atoms with Crippen molar-refractivity contribution < 1.29 is 9.47 Å². The number of halogens is 2. The second-order valence-electron chi connectivity index (χ2n) is 4.43. The van der Waals surface area contributed by atoms with Crippen LogP contribution in [0, 0.1) is 0 Å². The number of pyridine rings is 1. The summed E-state index contributed by atoms with van der Waals surface area (Å²) in [5.74, 6) is 2.06. The van der Waals surface area contributed by atoms with E-state index in [0.29, 0.717) is 33.3 Å². The Morgan fingerprint density at radius 3 is 1.55 bits per heavy atom. The molecule has 0 spiro atoms. The fourth-order valence-corrected chi connectivity index (χ4v) is 2.17. The van der Waals surface area contributed by atoms with Crippen LogP contribution in [0.2, 0.25) is 10.0 Å². The van der Waals surface area contributed by atoms with Crippen LogP contribution in [-0.4, -0.2) is 4.98 Å². The Bertz CT molecular complexity index is 730. The molecular weight excluding hydrogens is 321 g/mol. The molecule has 0 saturated carbocycles. The Morgan fingerprint density at radius 1 is 0.636 bits per heavy atom. The molecule has 0 bridgehead atoms. The van der Waals surface area contributed by atoms with Gasteiger partial charge in [-0.05, 0) is 36.4 Å². The second-order valence-corrected chi connectivity index (χ2v) is 5.31. The Morgan fingerprint density at radius 2 is 1.09 bits per heavy atom. The van der Waals surface area contributed by atoms with Crippen molar-refractivity contribution in [2.24, 2.45) is 0 Å². The van der Waals surface area contributed by atoms with Gasteiger partial charge in [-0.1, -0.05) is 41.4 Å². The van der Waals surface area contributed by atoms with E-state index in [1.54, 1.807) is 54.6 Å². The minimum Gasteiger partial charge on any atom is -0.439 e. The fourth-order valence-electron chi connectivity index (χ4n) is 1.81. The second kappa shape index (κ2) is 6.69. The van der Waals surface area contributed by atoms with Gasteiger partial charge >= 0.3 is 0 Å². The molecule has 0 saturated heterocycles. The number of benzene rings is 2. The molecule has 0 N–H and O–H groups in total. The first-order valence-corrected chi connectivity index (χ1v) is 7.28. The summed E-state index contributed by atoms with van der Waals surface area (Å²) in [5, 5.41) is 1.20. The van der Waals surface area contributed by atoms with E-state index in [4.69, 9.17) is 32.7 Å². The predicted octanol–water partition coefficient (Wildman–Crippen LogP) is 5.97. The van der Waals surface area contributed by atoms with Gasteiger partial charge in [-0.2, -0.15) is 4.98 Å². The van der Waals surface area contributed by atoms with Gasteiger partial charge in [-0.15, -0.1) is 0 Å². The highest BCUT2D eigenvalue weighted by Gasteiger charge is 2.04. The Balaban J connectivity index is 1.78. The van der Waals surface area contributed by atoms with Gasteiger partial charge < -0.3 is 9.47 Å². The van der Waals surface area contributed by atoms with Gasteiger partial charge in [0.25, 0.3) is 0 Å². The quantitative estimate of drug-likeness (QED) is 0.589. The molecule has 0 unspecified atom stereocenters. The third kappa shape index (κ3) is 3.91. The van der Waals surface area contributed by atoms with Crippen LogP contribution in [0.25, 0.3) is 0 Å². The summed E-state index contributed by atoms with van der Waals surface area (Å²) in [6, 6.07) is 19.5. The lowest BCUT2D eigenvalue weighted by Gasteiger charge is -2.08. The van der Waals surface area contributed by atoms with E-state index < -0.39 is 0 Å². The van der Waals surface area contributed by atoms with Gasteiger partial charge in [0.1, 0.15) is 11.5 Å². The van der Waals surface area contributed by atoms with Crippen molar-refractivity contribution in [3.63, 3.8) is 0 Å². The normalized spacial score (nSPS) is 10.3. The third-order valence-electron chi connectivity index (χ3n) is 2.73. The molecule has 3 aromatic rings. The van der Waals surface area contributed by atoms with Gasteiger partial charge in [0.2, 0.25) is 11.8 Å². The standard InChI is InChI=1S/C17H11Cl2NO2/c18-12-4-1-6-14(10-12)21-16-8-3-9-17(20-16)22-15-7-2-5-13(19)11-15/h1-11H. The van der Waals surface area contributed by atoms with Gasteiger partial charge in [-0.3, -0.25) is 0 Å². The molecule has 3 nitrogen and oxygen atoms in total. The molecule has 5 heteroatoms. The molecular formula is C17H11Cl2NO2. The fraction of sp³-hybridized carbons (Fsp3) is 0. The van der Waals surface area contributed by atoms with Crippen LogP contribution in [0.15, 0.2) is 66.7 Å². The zero-order valence-corrected chi connectivity index (χ0v) is 12.9. The average Bonchev–Trinajstić information content (AvgIpc) is 2.47. The summed E-state index contributed by atoms with van der Waals surface area (Å²) < 4.78 is 11.3. The SMILES string of the molecule is Clc1cccc(Oc2cccc(Oc3cccc(Cl)c3)n2)c1. The number of ether oxygens (including phenoxy) is 2. The minimum atomic E-state index is 0.418. The van der Waals surface area contributed by atoms with E-state index >= 15 is 0 Å². The molecule has 0 aliphatic heterocycles. The zero-order chi connectivity index (χ0) is 15.4. The lowest BCUT2D eigenvalue weighted by molar-refractivity contribution is 0.426. The predicted molar refractivity (Wildman–Crippen MR) is 87.3 cm³/mol. The molecule has 22 heavy (non-hydrogen) atoms. The van der Waals surface area contributed by atoms with Crippen molar-refractivity contribution in [2.45, 2.75) is 0 Å². The van der Waals surface area contributed by atoms with Crippen molar-refractivity contribution in [2.75, 3.05) is 0 Å². The molecule has 0 amide bonds. The molecule has 0 radical (unpaired) electrons. The zero-order valence-electron chi connectivity index (χ0n) is 11.4. The van der Waals surface area contributed by atoms with Gasteiger partial charge in [0.05, 0.1) is 0 Å². The average molecular weight is 332 g/mol. The van der Waals surface area contributed by atoms with Crippen LogP contribution >= 0.6 is 23.2 Å². The first-order valence-electron chi connectivity index (χ1n) is 6.53. The lowest BCUT2D eigenvalue weighted by atomic mass is 10.3. The van der Waals surface area contributed by atoms with Gasteiger partial charge in [0, 0.05) is 22.2 Å². The molecule has 1 aromatic heterocycles. The summed E-state index contributed by atoms with van der Waals surface area (Å²) in [6.45, 7) is 0. The molecule has 0 aliphatic rings. The number of aromatic nitrogens is 1. The van der Waals surface area contributed by atoms with Crippen molar-refractivity contribution in [3.8, 4) is 23.3 Å². The molecule has 1 heterocycles. The highest BCUT2D eigenvalue weighted by molar-refractivity contribution is 6.31. The van der Waals surface area contributed by atoms with Crippen LogP contribution in [0.4, 0.5) is 0 Å². The van der Waals surface area contributed by atoms with E-state index in [0.717, 1.165) is 0 Å². The van der Waals surface area contributed by atoms with Gasteiger partial charge in [-0.25, -0.2) is 0 Å². The van der Waals surface area contributed by atoms with E-state index in [9.17, 15) is 0 Å². The summed E-state index contributed by atoms with van der Waals surface area (Å²) in [6.07, 6.45) is 0. The summed E-state index contributed by atoms with van der Waals surface area (Å²) in [5.41, 5.74) is 0. The Kier molecular flexibility index (Phi) is 4.47. The van der Waals surface area contributed by atoms with E-state index in [-0.39, 0.29) is 0 Å². The number of hydrogen-bond donors (Lipinski definition) is 0. The first kappa shape index (κ1) is 14.7. The molecule has 0 aliphatic carbocycles. The maximum absolute atomic E-state index is 5.93. The largest absolute Gasteiger partial charge is 0.439 e. The Hall–Kier alpha value is -2.23. The Labute approximate surface area is 138 Å². The summed E-state index contributed by atoms with van der Waals surface area (Å²) in [7, 11) is 0. The van der Waals surface area contributed by atoms with Crippen molar-refractivity contribution >= 4 is 23.2 Å². The first-order chi connectivity index (χ1) is 10.7. The van der Waals surface area contributed by atoms with Gasteiger partial charge in [0.15, 0.2) is 0 Å². The molecule has 2 aromatic carbocycles. The molecule has 0 fully saturated rings. The number of rotatable bonds is 4. The monoisotopic (exact) mass is 331 g/mol. The van der Waals surface area contributed by atoms with Crippen LogP contribution in [0.3, 0.4) is 0 Å².